The van der Waals surface area contributed by atoms with Gasteiger partial charge in [-0.2, -0.15) is 0 Å². The molecule has 17 heavy (non-hydrogen) atoms. The van der Waals surface area contributed by atoms with Crippen LogP contribution in [0.15, 0.2) is 28.8 Å². The molecule has 0 aromatic heterocycles. The Kier molecular flexibility index (Phi) is 4.76. The van der Waals surface area contributed by atoms with Crippen LogP contribution in [-0.2, 0) is 0 Å². The molecule has 2 aliphatic carbocycles. The molecule has 0 heterocycles. The van der Waals surface area contributed by atoms with Crippen LogP contribution in [0.2, 0.25) is 0 Å². The zero-order valence-corrected chi connectivity index (χ0v) is 11.7. The van der Waals surface area contributed by atoms with Gasteiger partial charge in [0, 0.05) is 6.08 Å². The molecule has 93 valence electrons. The molecule has 0 bridgehead atoms. The SMILES string of the molecule is C=C1C(Cl)=[C]C=C(CCC2CCCCC2)C1Cl. The quantitative estimate of drug-likeness (QED) is 0.604. The summed E-state index contributed by atoms with van der Waals surface area (Å²) in [6, 6.07) is 0. The second-order valence-corrected chi connectivity index (χ2v) is 5.92. The summed E-state index contributed by atoms with van der Waals surface area (Å²) in [6.07, 6.45) is 14.3. The third kappa shape index (κ3) is 3.39. The Morgan fingerprint density at radius 3 is 2.71 bits per heavy atom. The molecule has 0 aromatic carbocycles. The lowest BCUT2D eigenvalue weighted by atomic mass is 9.84. The minimum atomic E-state index is -0.118. The van der Waals surface area contributed by atoms with Crippen LogP contribution in [0.3, 0.4) is 0 Å². The normalized spacial score (nSPS) is 26.7. The van der Waals surface area contributed by atoms with E-state index >= 15 is 0 Å². The maximum Gasteiger partial charge on any atom is 0.0807 e. The molecule has 0 N–H and O–H groups in total. The molecule has 0 aromatic rings. The molecule has 2 aliphatic rings. The Balaban J connectivity index is 1.88. The molecule has 0 saturated heterocycles. The van der Waals surface area contributed by atoms with Crippen molar-refractivity contribution >= 4 is 23.2 Å². The lowest BCUT2D eigenvalue weighted by molar-refractivity contribution is 0.338. The maximum atomic E-state index is 6.33. The molecule has 1 atom stereocenters. The van der Waals surface area contributed by atoms with E-state index in [1.54, 1.807) is 0 Å². The Morgan fingerprint density at radius 1 is 1.29 bits per heavy atom. The van der Waals surface area contributed by atoms with Gasteiger partial charge in [0.2, 0.25) is 0 Å². The molecule has 1 saturated carbocycles. The van der Waals surface area contributed by atoms with Crippen molar-refractivity contribution in [2.24, 2.45) is 5.92 Å². The first kappa shape index (κ1) is 13.2. The minimum absolute atomic E-state index is 0.118. The number of alkyl halides is 1. The zero-order valence-electron chi connectivity index (χ0n) is 10.1. The molecule has 1 fully saturated rings. The molecule has 0 aliphatic heterocycles. The van der Waals surface area contributed by atoms with Crippen molar-refractivity contribution in [1.29, 1.82) is 0 Å². The Bertz CT molecular complexity index is 346. The first-order valence-electron chi connectivity index (χ1n) is 6.49. The van der Waals surface area contributed by atoms with Crippen LogP contribution in [0.5, 0.6) is 0 Å². The van der Waals surface area contributed by atoms with Crippen molar-refractivity contribution in [1.82, 2.24) is 0 Å². The lowest BCUT2D eigenvalue weighted by Gasteiger charge is -2.24. The van der Waals surface area contributed by atoms with Crippen LogP contribution in [0.1, 0.15) is 44.9 Å². The summed E-state index contributed by atoms with van der Waals surface area (Å²) in [5.41, 5.74) is 2.03. The molecule has 0 nitrogen and oxygen atoms in total. The maximum absolute atomic E-state index is 6.33. The largest absolute Gasteiger partial charge is 0.113 e. The second kappa shape index (κ2) is 6.11. The topological polar surface area (TPSA) is 0 Å². The van der Waals surface area contributed by atoms with Gasteiger partial charge < -0.3 is 0 Å². The average Bonchev–Trinajstić information content (AvgIpc) is 2.36. The first-order chi connectivity index (χ1) is 8.18. The lowest BCUT2D eigenvalue weighted by Crippen LogP contribution is -2.13. The molecule has 1 unspecified atom stereocenters. The Morgan fingerprint density at radius 2 is 2.00 bits per heavy atom. The number of hydrogen-bond donors (Lipinski definition) is 0. The van der Waals surface area contributed by atoms with E-state index in [1.165, 1.54) is 44.1 Å². The van der Waals surface area contributed by atoms with Gasteiger partial charge in [0.05, 0.1) is 10.4 Å². The van der Waals surface area contributed by atoms with E-state index in [2.05, 4.69) is 12.7 Å². The third-order valence-electron chi connectivity index (χ3n) is 3.86. The highest BCUT2D eigenvalue weighted by molar-refractivity contribution is 6.34. The summed E-state index contributed by atoms with van der Waals surface area (Å²) in [7, 11) is 0. The predicted molar refractivity (Wildman–Crippen MR) is 75.3 cm³/mol. The van der Waals surface area contributed by atoms with E-state index in [9.17, 15) is 0 Å². The van der Waals surface area contributed by atoms with Crippen LogP contribution < -0.4 is 0 Å². The summed E-state index contributed by atoms with van der Waals surface area (Å²) in [4.78, 5) is 0. The van der Waals surface area contributed by atoms with Crippen LogP contribution in [0.4, 0.5) is 0 Å². The monoisotopic (exact) mass is 269 g/mol. The smallest absolute Gasteiger partial charge is 0.0807 e. The van der Waals surface area contributed by atoms with Crippen molar-refractivity contribution in [3.8, 4) is 0 Å². The Labute approximate surface area is 114 Å². The van der Waals surface area contributed by atoms with Crippen LogP contribution in [-0.4, -0.2) is 5.38 Å². The van der Waals surface area contributed by atoms with Crippen molar-refractivity contribution in [2.75, 3.05) is 0 Å². The van der Waals surface area contributed by atoms with Gasteiger partial charge in [-0.05, 0) is 29.9 Å². The molecule has 0 amide bonds. The van der Waals surface area contributed by atoms with E-state index in [1.807, 2.05) is 6.08 Å². The van der Waals surface area contributed by atoms with Gasteiger partial charge in [-0.25, -0.2) is 0 Å². The summed E-state index contributed by atoms with van der Waals surface area (Å²) in [5, 5.41) is 0.457. The fraction of sp³-hybridized carbons (Fsp3) is 0.600. The Hall–Kier alpha value is -0.200. The highest BCUT2D eigenvalue weighted by Gasteiger charge is 2.21. The number of halogens is 2. The molecule has 2 rings (SSSR count). The van der Waals surface area contributed by atoms with Gasteiger partial charge in [-0.1, -0.05) is 56.4 Å². The second-order valence-electron chi connectivity index (χ2n) is 5.11. The molecule has 0 spiro atoms. The highest BCUT2D eigenvalue weighted by Crippen LogP contribution is 2.35. The summed E-state index contributed by atoms with van der Waals surface area (Å²) >= 11 is 12.3. The van der Waals surface area contributed by atoms with Gasteiger partial charge >= 0.3 is 0 Å². The fourth-order valence-electron chi connectivity index (χ4n) is 2.70. The van der Waals surface area contributed by atoms with Crippen molar-refractivity contribution < 1.29 is 0 Å². The van der Waals surface area contributed by atoms with Gasteiger partial charge in [-0.3, -0.25) is 0 Å². The predicted octanol–water partition coefficient (Wildman–Crippen LogP) is 5.38. The van der Waals surface area contributed by atoms with Gasteiger partial charge in [0.25, 0.3) is 0 Å². The van der Waals surface area contributed by atoms with E-state index < -0.39 is 0 Å². The summed E-state index contributed by atoms with van der Waals surface area (Å²) < 4.78 is 0. The van der Waals surface area contributed by atoms with Gasteiger partial charge in [0.15, 0.2) is 0 Å². The van der Waals surface area contributed by atoms with Crippen LogP contribution in [0, 0.1) is 12.0 Å². The van der Waals surface area contributed by atoms with E-state index in [0.717, 1.165) is 17.9 Å². The van der Waals surface area contributed by atoms with Crippen LogP contribution >= 0.6 is 23.2 Å². The third-order valence-corrected chi connectivity index (χ3v) is 4.76. The molecular weight excluding hydrogens is 251 g/mol. The highest BCUT2D eigenvalue weighted by atomic mass is 35.5. The number of rotatable bonds is 3. The number of allylic oxidation sites excluding steroid dienone is 5. The average molecular weight is 270 g/mol. The van der Waals surface area contributed by atoms with Crippen molar-refractivity contribution in [2.45, 2.75) is 50.3 Å². The minimum Gasteiger partial charge on any atom is -0.113 e. The summed E-state index contributed by atoms with van der Waals surface area (Å²) in [6.45, 7) is 3.92. The van der Waals surface area contributed by atoms with Crippen LogP contribution in [0.25, 0.3) is 0 Å². The summed E-state index contributed by atoms with van der Waals surface area (Å²) in [5.74, 6) is 0.892. The van der Waals surface area contributed by atoms with E-state index in [0.29, 0.717) is 5.03 Å². The fourth-order valence-corrected chi connectivity index (χ4v) is 3.20. The standard InChI is InChI=1S/C15H19Cl2/c1-11-14(16)10-9-13(15(11)17)8-7-12-5-3-2-4-6-12/h9,12,15H,1-8H2. The van der Waals surface area contributed by atoms with Crippen molar-refractivity contribution in [3.05, 3.63) is 34.9 Å². The van der Waals surface area contributed by atoms with E-state index in [-0.39, 0.29) is 5.38 Å². The molecular formula is C15H19Cl2. The van der Waals surface area contributed by atoms with E-state index in [4.69, 9.17) is 23.2 Å². The number of hydrogen-bond acceptors (Lipinski definition) is 0. The van der Waals surface area contributed by atoms with Gasteiger partial charge in [-0.15, -0.1) is 11.6 Å². The zero-order chi connectivity index (χ0) is 12.3. The van der Waals surface area contributed by atoms with Crippen molar-refractivity contribution in [3.63, 3.8) is 0 Å². The first-order valence-corrected chi connectivity index (χ1v) is 7.31. The molecule has 1 radical (unpaired) electrons. The molecule has 2 heteroatoms. The van der Waals surface area contributed by atoms with Gasteiger partial charge in [0.1, 0.15) is 0 Å².